The van der Waals surface area contributed by atoms with E-state index < -0.39 is 34.8 Å². The molecule has 1 heterocycles. The molecule has 0 aliphatic carbocycles. The molecule has 1 aromatic heterocycles. The highest BCUT2D eigenvalue weighted by Crippen LogP contribution is 2.40. The van der Waals surface area contributed by atoms with Crippen LogP contribution in [0.1, 0.15) is 59.3 Å². The third-order valence-corrected chi connectivity index (χ3v) is 12.1. The molecular formula is C51H42N4O6S2. The highest BCUT2D eigenvalue weighted by atomic mass is 32.2. The first-order valence-corrected chi connectivity index (χ1v) is 21.7. The molecule has 0 saturated heterocycles. The van der Waals surface area contributed by atoms with E-state index in [2.05, 4.69) is 21.3 Å². The fraction of sp³-hybridized carbons (Fsp3) is 0.0784. The molecule has 0 saturated carbocycles. The van der Waals surface area contributed by atoms with Crippen LogP contribution < -0.4 is 21.3 Å². The first-order chi connectivity index (χ1) is 30.7. The summed E-state index contributed by atoms with van der Waals surface area (Å²) in [6.07, 6.45) is 1.62. The minimum Gasteiger partial charge on any atom is -0.462 e. The van der Waals surface area contributed by atoms with Gasteiger partial charge in [0.25, 0.3) is 17.7 Å². The van der Waals surface area contributed by atoms with Gasteiger partial charge in [0.15, 0.2) is 0 Å². The predicted molar refractivity (Wildman–Crippen MR) is 252 cm³/mol. The zero-order chi connectivity index (χ0) is 44.1. The summed E-state index contributed by atoms with van der Waals surface area (Å²) in [5, 5.41) is 10.9. The molecule has 1 atom stereocenters. The van der Waals surface area contributed by atoms with E-state index in [9.17, 15) is 24.0 Å². The largest absolute Gasteiger partial charge is 0.462 e. The van der Waals surface area contributed by atoms with E-state index in [1.54, 1.807) is 92.7 Å². The number of amides is 4. The van der Waals surface area contributed by atoms with Crippen LogP contribution in [0.15, 0.2) is 180 Å². The van der Waals surface area contributed by atoms with Crippen LogP contribution in [0, 0.1) is 6.92 Å². The van der Waals surface area contributed by atoms with Gasteiger partial charge >= 0.3 is 5.97 Å². The van der Waals surface area contributed by atoms with E-state index >= 15 is 0 Å². The summed E-state index contributed by atoms with van der Waals surface area (Å²) < 4.78 is 5.36. The zero-order valence-corrected chi connectivity index (χ0v) is 35.9. The molecule has 6 aromatic carbocycles. The molecule has 1 unspecified atom stereocenters. The number of benzene rings is 6. The second kappa shape index (κ2) is 20.8. The second-order valence-electron chi connectivity index (χ2n) is 14.0. The van der Waals surface area contributed by atoms with E-state index in [-0.39, 0.29) is 27.7 Å². The molecule has 7 aromatic rings. The van der Waals surface area contributed by atoms with Crippen LogP contribution >= 0.6 is 23.1 Å². The maximum Gasteiger partial charge on any atom is 0.341 e. The summed E-state index contributed by atoms with van der Waals surface area (Å²) in [6, 6.07) is 51.3. The Kier molecular flexibility index (Phi) is 14.4. The van der Waals surface area contributed by atoms with Gasteiger partial charge < -0.3 is 26.0 Å². The molecule has 0 radical (unpaired) electrons. The fourth-order valence-corrected chi connectivity index (χ4v) is 8.72. The number of thioether (sulfide) groups is 1. The number of ether oxygens (including phenoxy) is 1. The van der Waals surface area contributed by atoms with Gasteiger partial charge in [-0.2, -0.15) is 0 Å². The number of esters is 1. The number of nitrogens with one attached hydrogen (secondary N) is 4. The SMILES string of the molecule is CCOC(=O)c1c(NC(=O)C(Sc2cccc(NC(=O)/C(=C\c3ccc(-c4ccccc4)cc3)NC(=O)c3ccccc3)c2)c2ccccc2)sc(C(=O)Nc2ccccc2)c1C. The molecule has 63 heavy (non-hydrogen) atoms. The van der Waals surface area contributed by atoms with E-state index in [4.69, 9.17) is 4.74 Å². The third-order valence-electron chi connectivity index (χ3n) is 9.64. The minimum atomic E-state index is -0.837. The molecule has 12 heteroatoms. The Bertz CT molecular complexity index is 2760. The van der Waals surface area contributed by atoms with E-state index in [0.717, 1.165) is 22.5 Å². The van der Waals surface area contributed by atoms with Crippen molar-refractivity contribution in [1.82, 2.24) is 5.32 Å². The van der Waals surface area contributed by atoms with Crippen molar-refractivity contribution in [2.75, 3.05) is 22.6 Å². The van der Waals surface area contributed by atoms with E-state index in [0.29, 0.717) is 38.5 Å². The van der Waals surface area contributed by atoms with Crippen LogP contribution in [-0.2, 0) is 14.3 Å². The van der Waals surface area contributed by atoms with Crippen molar-refractivity contribution >= 4 is 75.1 Å². The Hall–Kier alpha value is -7.54. The number of carbonyl (C=O) groups excluding carboxylic acids is 5. The van der Waals surface area contributed by atoms with Crippen molar-refractivity contribution in [3.05, 3.63) is 208 Å². The van der Waals surface area contributed by atoms with Crippen LogP contribution in [0.25, 0.3) is 17.2 Å². The molecule has 0 spiro atoms. The predicted octanol–water partition coefficient (Wildman–Crippen LogP) is 11.0. The Morgan fingerprint density at radius 3 is 1.92 bits per heavy atom. The Morgan fingerprint density at radius 1 is 0.651 bits per heavy atom. The summed E-state index contributed by atoms with van der Waals surface area (Å²) in [4.78, 5) is 69.4. The first kappa shape index (κ1) is 43.5. The first-order valence-electron chi connectivity index (χ1n) is 20.0. The van der Waals surface area contributed by atoms with Gasteiger partial charge in [0.05, 0.1) is 17.0 Å². The normalized spacial score (nSPS) is 11.5. The zero-order valence-electron chi connectivity index (χ0n) is 34.3. The quantitative estimate of drug-likeness (QED) is 0.0456. The van der Waals surface area contributed by atoms with Crippen LogP contribution in [0.5, 0.6) is 0 Å². The molecule has 0 aliphatic heterocycles. The topological polar surface area (TPSA) is 143 Å². The van der Waals surface area contributed by atoms with E-state index in [1.807, 2.05) is 97.1 Å². The van der Waals surface area contributed by atoms with Crippen molar-refractivity contribution in [2.45, 2.75) is 24.0 Å². The number of hydrogen-bond donors (Lipinski definition) is 4. The Labute approximate surface area is 373 Å². The molecule has 314 valence electrons. The Morgan fingerprint density at radius 2 is 1.25 bits per heavy atom. The molecular weight excluding hydrogens is 829 g/mol. The van der Waals surface area contributed by atoms with Crippen LogP contribution in [0.2, 0.25) is 0 Å². The lowest BCUT2D eigenvalue weighted by atomic mass is 10.0. The molecule has 0 bridgehead atoms. The molecule has 4 N–H and O–H groups in total. The lowest BCUT2D eigenvalue weighted by Crippen LogP contribution is -2.30. The highest BCUT2D eigenvalue weighted by Gasteiger charge is 2.30. The number of anilines is 3. The number of rotatable bonds is 15. The summed E-state index contributed by atoms with van der Waals surface area (Å²) in [5.41, 5.74) is 5.32. The summed E-state index contributed by atoms with van der Waals surface area (Å²) in [5.74, 6) is -2.55. The van der Waals surface area contributed by atoms with Gasteiger partial charge in [-0.3, -0.25) is 19.2 Å². The lowest BCUT2D eigenvalue weighted by molar-refractivity contribution is -0.116. The average Bonchev–Trinajstić information content (AvgIpc) is 3.64. The summed E-state index contributed by atoms with van der Waals surface area (Å²) in [7, 11) is 0. The molecule has 10 nitrogen and oxygen atoms in total. The summed E-state index contributed by atoms with van der Waals surface area (Å²) >= 11 is 2.23. The van der Waals surface area contributed by atoms with Crippen molar-refractivity contribution in [1.29, 1.82) is 0 Å². The van der Waals surface area contributed by atoms with Crippen molar-refractivity contribution in [3.8, 4) is 11.1 Å². The van der Waals surface area contributed by atoms with Crippen molar-refractivity contribution in [2.24, 2.45) is 0 Å². The standard InChI is InChI=1S/C51H42N4O6S2/c1-3-61-51(60)43-33(2)44(48(58)52-39-23-14-7-15-24-39)63-50(43)55-49(59)45(37-19-10-5-11-20-37)62-41-26-16-25-40(32-41)53-47(57)42(54-46(56)38-21-12-6-13-22-38)31-34-27-29-36(30-28-34)35-17-8-4-9-18-35/h4-32,45H,3H2,1-2H3,(H,52,58)(H,53,57)(H,54,56)(H,55,59)/b42-31+. The molecule has 0 aliphatic rings. The minimum absolute atomic E-state index is 0.0244. The number of carbonyl (C=O) groups is 5. The number of hydrogen-bond acceptors (Lipinski definition) is 8. The second-order valence-corrected chi connectivity index (χ2v) is 16.2. The fourth-order valence-electron chi connectivity index (χ4n) is 6.55. The van der Waals surface area contributed by atoms with Gasteiger partial charge in [0.1, 0.15) is 15.9 Å². The van der Waals surface area contributed by atoms with Gasteiger partial charge in [0, 0.05) is 21.8 Å². The lowest BCUT2D eigenvalue weighted by Gasteiger charge is -2.18. The van der Waals surface area contributed by atoms with Crippen molar-refractivity contribution in [3.63, 3.8) is 0 Å². The van der Waals surface area contributed by atoms with Gasteiger partial charge in [0.2, 0.25) is 5.91 Å². The van der Waals surface area contributed by atoms with Gasteiger partial charge in [-0.1, -0.05) is 127 Å². The smallest absolute Gasteiger partial charge is 0.341 e. The van der Waals surface area contributed by atoms with Gasteiger partial charge in [-0.25, -0.2) is 4.79 Å². The van der Waals surface area contributed by atoms with Crippen LogP contribution in [-0.4, -0.2) is 36.2 Å². The van der Waals surface area contributed by atoms with Crippen LogP contribution in [0.4, 0.5) is 16.4 Å². The van der Waals surface area contributed by atoms with Crippen molar-refractivity contribution < 1.29 is 28.7 Å². The molecule has 7 rings (SSSR count). The average molecular weight is 871 g/mol. The monoisotopic (exact) mass is 870 g/mol. The summed E-state index contributed by atoms with van der Waals surface area (Å²) in [6.45, 7) is 3.43. The molecule has 4 amide bonds. The van der Waals surface area contributed by atoms with Gasteiger partial charge in [-0.05, 0) is 90.2 Å². The maximum absolute atomic E-state index is 14.4. The molecule has 0 fully saturated rings. The van der Waals surface area contributed by atoms with E-state index in [1.165, 1.54) is 11.8 Å². The highest BCUT2D eigenvalue weighted by molar-refractivity contribution is 8.00. The maximum atomic E-state index is 14.4. The van der Waals surface area contributed by atoms with Gasteiger partial charge in [-0.15, -0.1) is 23.1 Å². The third kappa shape index (κ3) is 11.2. The number of thiophene rings is 1. The van der Waals surface area contributed by atoms with Crippen LogP contribution in [0.3, 0.4) is 0 Å². The number of para-hydroxylation sites is 1. The Balaban J connectivity index is 1.14.